The van der Waals surface area contributed by atoms with Gasteiger partial charge in [-0.3, -0.25) is 4.79 Å². The number of carbonyl (C=O) groups excluding carboxylic acids is 1. The summed E-state index contributed by atoms with van der Waals surface area (Å²) in [5, 5.41) is 4.88. The van der Waals surface area contributed by atoms with Crippen molar-refractivity contribution < 1.29 is 13.9 Å². The lowest BCUT2D eigenvalue weighted by atomic mass is 10.1. The van der Waals surface area contributed by atoms with E-state index in [1.54, 1.807) is 6.07 Å². The fourth-order valence-electron chi connectivity index (χ4n) is 2.37. The van der Waals surface area contributed by atoms with E-state index in [0.29, 0.717) is 15.8 Å². The van der Waals surface area contributed by atoms with E-state index < -0.39 is 0 Å². The molecule has 0 aliphatic carbocycles. The van der Waals surface area contributed by atoms with E-state index in [9.17, 15) is 9.18 Å². The van der Waals surface area contributed by atoms with Crippen molar-refractivity contribution in [3.05, 3.63) is 76.5 Å². The van der Waals surface area contributed by atoms with Gasteiger partial charge in [0.2, 0.25) is 0 Å². The van der Waals surface area contributed by atoms with E-state index in [0.717, 1.165) is 10.8 Å². The van der Waals surface area contributed by atoms with Gasteiger partial charge >= 0.3 is 0 Å². The molecule has 0 atom stereocenters. The maximum atomic E-state index is 13.3. The molecule has 0 fully saturated rings. The first-order chi connectivity index (χ1) is 11.6. The minimum absolute atomic E-state index is 0.0885. The predicted molar refractivity (Wildman–Crippen MR) is 95.4 cm³/mol. The SMILES string of the molecule is O=C(COc1ccc2ccccc2c1)NCc1cc(F)cc(Br)c1. The minimum atomic E-state index is -0.346. The molecular formula is C19H15BrFNO2. The Morgan fingerprint density at radius 3 is 2.62 bits per heavy atom. The molecule has 0 saturated carbocycles. The van der Waals surface area contributed by atoms with Gasteiger partial charge in [-0.05, 0) is 46.7 Å². The Labute approximate surface area is 147 Å². The van der Waals surface area contributed by atoms with Gasteiger partial charge < -0.3 is 10.1 Å². The van der Waals surface area contributed by atoms with Crippen LogP contribution in [-0.4, -0.2) is 12.5 Å². The molecular weight excluding hydrogens is 373 g/mol. The summed E-state index contributed by atoms with van der Waals surface area (Å²) >= 11 is 3.22. The molecule has 1 amide bonds. The van der Waals surface area contributed by atoms with Crippen molar-refractivity contribution >= 4 is 32.6 Å². The number of nitrogens with one attached hydrogen (secondary N) is 1. The van der Waals surface area contributed by atoms with Crippen LogP contribution in [0.1, 0.15) is 5.56 Å². The standard InChI is InChI=1S/C19H15BrFNO2/c20-16-7-13(8-17(21)10-16)11-22-19(23)12-24-18-6-5-14-3-1-2-4-15(14)9-18/h1-10H,11-12H2,(H,22,23). The Bertz CT molecular complexity index is 862. The molecule has 0 bridgehead atoms. The van der Waals surface area contributed by atoms with Crippen molar-refractivity contribution in [2.45, 2.75) is 6.54 Å². The van der Waals surface area contributed by atoms with Gasteiger partial charge in [0.1, 0.15) is 11.6 Å². The number of hydrogen-bond acceptors (Lipinski definition) is 2. The van der Waals surface area contributed by atoms with Gasteiger partial charge in [0.15, 0.2) is 6.61 Å². The highest BCUT2D eigenvalue weighted by Gasteiger charge is 2.05. The van der Waals surface area contributed by atoms with E-state index in [-0.39, 0.29) is 24.9 Å². The van der Waals surface area contributed by atoms with Crippen LogP contribution >= 0.6 is 15.9 Å². The van der Waals surface area contributed by atoms with Crippen LogP contribution in [0.25, 0.3) is 10.8 Å². The molecule has 0 radical (unpaired) electrons. The number of hydrogen-bond donors (Lipinski definition) is 1. The third-order valence-electron chi connectivity index (χ3n) is 3.50. The molecule has 122 valence electrons. The summed E-state index contributed by atoms with van der Waals surface area (Å²) in [5.41, 5.74) is 0.681. The lowest BCUT2D eigenvalue weighted by Gasteiger charge is -2.09. The van der Waals surface area contributed by atoms with Crippen LogP contribution in [0.2, 0.25) is 0 Å². The second-order valence-corrected chi connectivity index (χ2v) is 6.27. The highest BCUT2D eigenvalue weighted by molar-refractivity contribution is 9.10. The fraction of sp³-hybridized carbons (Fsp3) is 0.105. The first-order valence-electron chi connectivity index (χ1n) is 7.43. The molecule has 1 N–H and O–H groups in total. The third-order valence-corrected chi connectivity index (χ3v) is 3.96. The third kappa shape index (κ3) is 4.32. The number of fused-ring (bicyclic) bond motifs is 1. The second-order valence-electron chi connectivity index (χ2n) is 5.35. The lowest BCUT2D eigenvalue weighted by Crippen LogP contribution is -2.28. The summed E-state index contributed by atoms with van der Waals surface area (Å²) in [6.07, 6.45) is 0. The summed E-state index contributed by atoms with van der Waals surface area (Å²) < 4.78 is 19.4. The Kier molecular flexibility index (Phi) is 5.11. The molecule has 3 aromatic rings. The zero-order chi connectivity index (χ0) is 16.9. The molecule has 3 nitrogen and oxygen atoms in total. The Morgan fingerprint density at radius 1 is 1.04 bits per heavy atom. The molecule has 3 rings (SSSR count). The van der Waals surface area contributed by atoms with Crippen LogP contribution in [0.15, 0.2) is 65.1 Å². The topological polar surface area (TPSA) is 38.3 Å². The highest BCUT2D eigenvalue weighted by Crippen LogP contribution is 2.20. The number of halogens is 2. The van der Waals surface area contributed by atoms with Crippen LogP contribution in [0.3, 0.4) is 0 Å². The Hall–Kier alpha value is -2.40. The number of rotatable bonds is 5. The number of benzene rings is 3. The van der Waals surface area contributed by atoms with Crippen molar-refractivity contribution in [2.24, 2.45) is 0 Å². The van der Waals surface area contributed by atoms with Crippen LogP contribution in [-0.2, 0) is 11.3 Å². The quantitative estimate of drug-likeness (QED) is 0.702. The van der Waals surface area contributed by atoms with Crippen molar-refractivity contribution in [3.8, 4) is 5.75 Å². The predicted octanol–water partition coefficient (Wildman–Crippen LogP) is 4.44. The van der Waals surface area contributed by atoms with Gasteiger partial charge in [0.05, 0.1) is 0 Å². The molecule has 0 heterocycles. The van der Waals surface area contributed by atoms with Gasteiger partial charge in [-0.25, -0.2) is 4.39 Å². The number of ether oxygens (including phenoxy) is 1. The van der Waals surface area contributed by atoms with E-state index in [4.69, 9.17) is 4.74 Å². The van der Waals surface area contributed by atoms with E-state index in [1.165, 1.54) is 12.1 Å². The van der Waals surface area contributed by atoms with Crippen LogP contribution in [0.4, 0.5) is 4.39 Å². The maximum Gasteiger partial charge on any atom is 0.258 e. The molecule has 24 heavy (non-hydrogen) atoms. The van der Waals surface area contributed by atoms with Crippen molar-refractivity contribution in [1.29, 1.82) is 0 Å². The highest BCUT2D eigenvalue weighted by atomic mass is 79.9. The minimum Gasteiger partial charge on any atom is -0.484 e. The summed E-state index contributed by atoms with van der Waals surface area (Å²) in [6.45, 7) is 0.158. The van der Waals surface area contributed by atoms with Crippen LogP contribution in [0.5, 0.6) is 5.75 Å². The number of amides is 1. The van der Waals surface area contributed by atoms with Gasteiger partial charge in [0.25, 0.3) is 5.91 Å². The van der Waals surface area contributed by atoms with Gasteiger partial charge in [-0.15, -0.1) is 0 Å². The lowest BCUT2D eigenvalue weighted by molar-refractivity contribution is -0.123. The summed E-state index contributed by atoms with van der Waals surface area (Å²) in [6, 6.07) is 18.1. The van der Waals surface area contributed by atoms with Crippen molar-refractivity contribution in [1.82, 2.24) is 5.32 Å². The average molecular weight is 388 g/mol. The van der Waals surface area contributed by atoms with Crippen molar-refractivity contribution in [3.63, 3.8) is 0 Å². The molecule has 3 aromatic carbocycles. The molecule has 0 aliphatic rings. The molecule has 0 aliphatic heterocycles. The molecule has 5 heteroatoms. The van der Waals surface area contributed by atoms with E-state index in [1.807, 2.05) is 42.5 Å². The normalized spacial score (nSPS) is 10.6. The van der Waals surface area contributed by atoms with Gasteiger partial charge in [0, 0.05) is 11.0 Å². The van der Waals surface area contributed by atoms with Gasteiger partial charge in [-0.1, -0.05) is 46.3 Å². The van der Waals surface area contributed by atoms with Crippen LogP contribution in [0, 0.1) is 5.82 Å². The fourth-order valence-corrected chi connectivity index (χ4v) is 2.88. The molecule has 0 saturated heterocycles. The zero-order valence-electron chi connectivity index (χ0n) is 12.8. The smallest absolute Gasteiger partial charge is 0.258 e. The maximum absolute atomic E-state index is 13.3. The van der Waals surface area contributed by atoms with Crippen LogP contribution < -0.4 is 10.1 Å². The second kappa shape index (κ2) is 7.45. The summed E-state index contributed by atoms with van der Waals surface area (Å²) in [4.78, 5) is 11.9. The van der Waals surface area contributed by atoms with Crippen molar-refractivity contribution in [2.75, 3.05) is 6.61 Å². The number of carbonyl (C=O) groups is 1. The Balaban J connectivity index is 1.54. The summed E-state index contributed by atoms with van der Waals surface area (Å²) in [5.74, 6) is 0.0296. The van der Waals surface area contributed by atoms with E-state index >= 15 is 0 Å². The molecule has 0 unspecified atom stereocenters. The Morgan fingerprint density at radius 2 is 1.83 bits per heavy atom. The first kappa shape index (κ1) is 16.5. The monoisotopic (exact) mass is 387 g/mol. The average Bonchev–Trinajstić information content (AvgIpc) is 2.57. The van der Waals surface area contributed by atoms with E-state index in [2.05, 4.69) is 21.2 Å². The largest absolute Gasteiger partial charge is 0.484 e. The molecule has 0 spiro atoms. The van der Waals surface area contributed by atoms with Gasteiger partial charge in [-0.2, -0.15) is 0 Å². The zero-order valence-corrected chi connectivity index (χ0v) is 14.3. The first-order valence-corrected chi connectivity index (χ1v) is 8.23. The molecule has 0 aromatic heterocycles. The summed E-state index contributed by atoms with van der Waals surface area (Å²) in [7, 11) is 0.